The van der Waals surface area contributed by atoms with Crippen molar-refractivity contribution < 1.29 is 0 Å². The van der Waals surface area contributed by atoms with Gasteiger partial charge in [-0.3, -0.25) is 4.98 Å². The van der Waals surface area contributed by atoms with Crippen molar-refractivity contribution in [1.82, 2.24) is 4.98 Å². The third-order valence-electron chi connectivity index (χ3n) is 3.49. The van der Waals surface area contributed by atoms with Crippen LogP contribution in [0.4, 0.5) is 5.69 Å². The van der Waals surface area contributed by atoms with Gasteiger partial charge in [-0.1, -0.05) is 28.1 Å². The van der Waals surface area contributed by atoms with E-state index in [0.717, 1.165) is 5.69 Å². The molecule has 0 amide bonds. The van der Waals surface area contributed by atoms with Crippen LogP contribution in [0.5, 0.6) is 0 Å². The summed E-state index contributed by atoms with van der Waals surface area (Å²) in [5, 5.41) is 3.52. The largest absolute Gasteiger partial charge is 0.381 e. The Bertz CT molecular complexity index is 521. The number of hydrogen-bond acceptors (Lipinski definition) is 2. The maximum absolute atomic E-state index is 4.12. The van der Waals surface area contributed by atoms with Gasteiger partial charge in [0.05, 0.1) is 5.69 Å². The van der Waals surface area contributed by atoms with E-state index < -0.39 is 0 Å². The molecule has 1 N–H and O–H groups in total. The minimum Gasteiger partial charge on any atom is -0.381 e. The Morgan fingerprint density at radius 1 is 1.17 bits per heavy atom. The molecular weight excluding hydrogens is 288 g/mol. The van der Waals surface area contributed by atoms with Crippen molar-refractivity contribution in [3.8, 4) is 0 Å². The predicted octanol–water partition coefficient (Wildman–Crippen LogP) is 4.20. The maximum Gasteiger partial charge on any atom is 0.0528 e. The van der Waals surface area contributed by atoms with Gasteiger partial charge in [-0.2, -0.15) is 0 Å². The minimum absolute atomic E-state index is 0.582. The lowest BCUT2D eigenvalue weighted by molar-refractivity contribution is 0.374. The van der Waals surface area contributed by atoms with Crippen LogP contribution in [-0.2, 0) is 0 Å². The first-order valence-corrected chi connectivity index (χ1v) is 7.02. The Morgan fingerprint density at radius 2 is 2.06 bits per heavy atom. The number of benzene rings is 1. The van der Waals surface area contributed by atoms with Gasteiger partial charge >= 0.3 is 0 Å². The Kier molecular flexibility index (Phi) is 3.33. The van der Waals surface area contributed by atoms with E-state index in [1.807, 2.05) is 12.3 Å². The molecule has 0 aliphatic heterocycles. The summed E-state index contributed by atoms with van der Waals surface area (Å²) in [6.07, 6.45) is 6.08. The summed E-state index contributed by atoms with van der Waals surface area (Å²) < 4.78 is 1.17. The van der Waals surface area contributed by atoms with Crippen LogP contribution in [0.3, 0.4) is 0 Å². The summed E-state index contributed by atoms with van der Waals surface area (Å²) in [6.45, 7) is 0. The Labute approximate surface area is 116 Å². The number of hydrogen-bond donors (Lipinski definition) is 1. The molecule has 0 spiro atoms. The molecule has 1 aromatic heterocycles. The number of pyridine rings is 1. The van der Waals surface area contributed by atoms with Crippen molar-refractivity contribution in [3.63, 3.8) is 0 Å². The first kappa shape index (κ1) is 11.7. The summed E-state index contributed by atoms with van der Waals surface area (Å²) in [6, 6.07) is 13.3. The van der Waals surface area contributed by atoms with Gasteiger partial charge in [0.25, 0.3) is 0 Å². The van der Waals surface area contributed by atoms with Gasteiger partial charge in [-0.05, 0) is 48.6 Å². The molecule has 3 heteroatoms. The monoisotopic (exact) mass is 302 g/mol. The number of rotatable bonds is 3. The highest BCUT2D eigenvalue weighted by Gasteiger charge is 2.30. The quantitative estimate of drug-likeness (QED) is 0.919. The lowest BCUT2D eigenvalue weighted by Crippen LogP contribution is -2.33. The molecule has 1 heterocycles. The second-order valence-corrected chi connectivity index (χ2v) is 5.72. The SMILES string of the molecule is Brc1cccc(C2CC(Nc3cccnc3)C2)c1. The van der Waals surface area contributed by atoms with Crippen LogP contribution >= 0.6 is 15.9 Å². The molecule has 1 aromatic carbocycles. The van der Waals surface area contributed by atoms with Gasteiger partial charge < -0.3 is 5.32 Å². The lowest BCUT2D eigenvalue weighted by Gasteiger charge is -2.36. The first-order valence-electron chi connectivity index (χ1n) is 6.23. The number of aromatic nitrogens is 1. The Morgan fingerprint density at radius 3 is 2.78 bits per heavy atom. The van der Waals surface area contributed by atoms with E-state index in [-0.39, 0.29) is 0 Å². The molecule has 18 heavy (non-hydrogen) atoms. The highest BCUT2D eigenvalue weighted by Crippen LogP contribution is 2.39. The Hall–Kier alpha value is -1.35. The van der Waals surface area contributed by atoms with Crippen LogP contribution in [0, 0.1) is 0 Å². The normalized spacial score (nSPS) is 22.3. The van der Waals surface area contributed by atoms with Gasteiger partial charge in [0, 0.05) is 22.9 Å². The van der Waals surface area contributed by atoms with Crippen molar-refractivity contribution in [1.29, 1.82) is 0 Å². The second kappa shape index (κ2) is 5.11. The Balaban J connectivity index is 1.57. The van der Waals surface area contributed by atoms with Gasteiger partial charge in [0.15, 0.2) is 0 Å². The fraction of sp³-hybridized carbons (Fsp3) is 0.267. The average molecular weight is 303 g/mol. The molecule has 2 nitrogen and oxygen atoms in total. The molecule has 1 aliphatic rings. The van der Waals surface area contributed by atoms with Crippen LogP contribution in [0.25, 0.3) is 0 Å². The van der Waals surface area contributed by atoms with Crippen molar-refractivity contribution >= 4 is 21.6 Å². The van der Waals surface area contributed by atoms with E-state index in [1.54, 1.807) is 6.20 Å². The number of nitrogens with zero attached hydrogens (tertiary/aromatic N) is 1. The number of anilines is 1. The third kappa shape index (κ3) is 2.56. The van der Waals surface area contributed by atoms with Crippen molar-refractivity contribution in [2.45, 2.75) is 24.8 Å². The molecule has 1 saturated carbocycles. The summed E-state index contributed by atoms with van der Waals surface area (Å²) >= 11 is 3.53. The second-order valence-electron chi connectivity index (χ2n) is 4.81. The maximum atomic E-state index is 4.12. The molecule has 1 fully saturated rings. The average Bonchev–Trinajstić information content (AvgIpc) is 2.34. The van der Waals surface area contributed by atoms with E-state index >= 15 is 0 Å². The van der Waals surface area contributed by atoms with Crippen LogP contribution in [0.2, 0.25) is 0 Å². The topological polar surface area (TPSA) is 24.9 Å². The molecule has 3 rings (SSSR count). The summed E-state index contributed by atoms with van der Waals surface area (Å²) in [5.74, 6) is 0.691. The highest BCUT2D eigenvalue weighted by molar-refractivity contribution is 9.10. The molecule has 0 unspecified atom stereocenters. The van der Waals surface area contributed by atoms with Crippen molar-refractivity contribution in [2.24, 2.45) is 0 Å². The lowest BCUT2D eigenvalue weighted by atomic mass is 9.76. The fourth-order valence-electron chi connectivity index (χ4n) is 2.45. The van der Waals surface area contributed by atoms with Crippen molar-refractivity contribution in [3.05, 3.63) is 58.8 Å². The van der Waals surface area contributed by atoms with Crippen LogP contribution < -0.4 is 5.32 Å². The van der Waals surface area contributed by atoms with Gasteiger partial charge in [-0.25, -0.2) is 0 Å². The minimum atomic E-state index is 0.582. The zero-order valence-corrected chi connectivity index (χ0v) is 11.6. The van der Waals surface area contributed by atoms with Crippen LogP contribution in [0.15, 0.2) is 53.3 Å². The summed E-state index contributed by atoms with van der Waals surface area (Å²) in [4.78, 5) is 4.12. The highest BCUT2D eigenvalue weighted by atomic mass is 79.9. The smallest absolute Gasteiger partial charge is 0.0528 e. The van der Waals surface area contributed by atoms with Crippen molar-refractivity contribution in [2.75, 3.05) is 5.32 Å². The van der Waals surface area contributed by atoms with Gasteiger partial charge in [-0.15, -0.1) is 0 Å². The van der Waals surface area contributed by atoms with E-state index in [4.69, 9.17) is 0 Å². The fourth-order valence-corrected chi connectivity index (χ4v) is 2.87. The predicted molar refractivity (Wildman–Crippen MR) is 77.8 cm³/mol. The molecule has 0 atom stereocenters. The standard InChI is InChI=1S/C15H15BrN2/c16-13-4-1-3-11(7-13)12-8-15(9-12)18-14-5-2-6-17-10-14/h1-7,10,12,15,18H,8-9H2. The molecule has 92 valence electrons. The molecule has 0 saturated heterocycles. The molecule has 1 aliphatic carbocycles. The number of nitrogens with one attached hydrogen (secondary N) is 1. The molecular formula is C15H15BrN2. The first-order chi connectivity index (χ1) is 8.81. The van der Waals surface area contributed by atoms with Gasteiger partial charge in [0.2, 0.25) is 0 Å². The zero-order chi connectivity index (χ0) is 12.4. The molecule has 2 aromatic rings. The van der Waals surface area contributed by atoms with E-state index in [2.05, 4.69) is 56.6 Å². The molecule has 0 radical (unpaired) electrons. The van der Waals surface area contributed by atoms with E-state index in [9.17, 15) is 0 Å². The third-order valence-corrected chi connectivity index (χ3v) is 3.98. The van der Waals surface area contributed by atoms with E-state index in [0.29, 0.717) is 12.0 Å². The van der Waals surface area contributed by atoms with Gasteiger partial charge in [0.1, 0.15) is 0 Å². The van der Waals surface area contributed by atoms with Crippen LogP contribution in [0.1, 0.15) is 24.3 Å². The number of halogens is 1. The van der Waals surface area contributed by atoms with E-state index in [1.165, 1.54) is 22.9 Å². The zero-order valence-electron chi connectivity index (χ0n) is 10.0. The molecule has 0 bridgehead atoms. The van der Waals surface area contributed by atoms with Crippen LogP contribution in [-0.4, -0.2) is 11.0 Å². The summed E-state index contributed by atoms with van der Waals surface area (Å²) in [5.41, 5.74) is 2.56. The summed E-state index contributed by atoms with van der Waals surface area (Å²) in [7, 11) is 0.